The number of carbonyl (C=O) groups excluding carboxylic acids is 3. The molecule has 0 fully saturated rings. The Bertz CT molecular complexity index is 761. The van der Waals surface area contributed by atoms with Crippen LogP contribution >= 0.6 is 12.6 Å². The zero-order chi connectivity index (χ0) is 23.6. The molecule has 4 atom stereocenters. The fourth-order valence-electron chi connectivity index (χ4n) is 2.55. The van der Waals surface area contributed by atoms with Crippen molar-refractivity contribution in [1.82, 2.24) is 16.0 Å². The van der Waals surface area contributed by atoms with Crippen molar-refractivity contribution < 1.29 is 29.4 Å². The molecule has 0 aliphatic carbocycles. The number of amides is 3. The lowest BCUT2D eigenvalue weighted by Gasteiger charge is -2.24. The van der Waals surface area contributed by atoms with E-state index in [9.17, 15) is 24.3 Å². The van der Waals surface area contributed by atoms with Crippen LogP contribution in [0.3, 0.4) is 0 Å². The number of benzene rings is 1. The number of carbonyl (C=O) groups is 4. The smallest absolute Gasteiger partial charge is 0.327 e. The van der Waals surface area contributed by atoms with E-state index in [0.29, 0.717) is 5.56 Å². The monoisotopic (exact) mass is 454 g/mol. The molecule has 0 saturated carbocycles. The Morgan fingerprint density at radius 1 is 0.935 bits per heavy atom. The number of hydrogen-bond acceptors (Lipinski definition) is 7. The van der Waals surface area contributed by atoms with Gasteiger partial charge < -0.3 is 31.9 Å². The van der Waals surface area contributed by atoms with E-state index in [1.807, 2.05) is 0 Å². The fourth-order valence-corrected chi connectivity index (χ4v) is 2.80. The van der Waals surface area contributed by atoms with E-state index < -0.39 is 54.5 Å². The van der Waals surface area contributed by atoms with Gasteiger partial charge in [0.25, 0.3) is 0 Å². The molecule has 0 bridgehead atoms. The van der Waals surface area contributed by atoms with Gasteiger partial charge in [0.05, 0.1) is 12.6 Å². The molecule has 0 aliphatic heterocycles. The zero-order valence-corrected chi connectivity index (χ0v) is 18.3. The maximum Gasteiger partial charge on any atom is 0.327 e. The quantitative estimate of drug-likeness (QED) is 0.192. The lowest BCUT2D eigenvalue weighted by Crippen LogP contribution is -2.59. The summed E-state index contributed by atoms with van der Waals surface area (Å²) >= 11 is 3.91. The predicted molar refractivity (Wildman–Crippen MR) is 117 cm³/mol. The third-order valence-corrected chi connectivity index (χ3v) is 4.91. The first-order valence-corrected chi connectivity index (χ1v) is 10.4. The van der Waals surface area contributed by atoms with Crippen molar-refractivity contribution in [3.8, 4) is 0 Å². The van der Waals surface area contributed by atoms with Crippen LogP contribution in [0.25, 0.3) is 0 Å². The highest BCUT2D eigenvalue weighted by Crippen LogP contribution is 2.05. The topological polar surface area (TPSA) is 171 Å². The van der Waals surface area contributed by atoms with E-state index in [2.05, 4.69) is 28.6 Å². The summed E-state index contributed by atoms with van der Waals surface area (Å²) in [5.74, 6) is -3.75. The average molecular weight is 455 g/mol. The summed E-state index contributed by atoms with van der Waals surface area (Å²) in [5.41, 5.74) is 6.48. The average Bonchev–Trinajstić information content (AvgIpc) is 2.74. The molecular weight excluding hydrogens is 424 g/mol. The third kappa shape index (κ3) is 8.56. The number of carboxylic acids is 1. The summed E-state index contributed by atoms with van der Waals surface area (Å²) in [6.45, 7) is 2.76. The molecule has 1 aromatic rings. The lowest BCUT2D eigenvalue weighted by atomic mass is 10.0. The van der Waals surface area contributed by atoms with Gasteiger partial charge in [-0.15, -0.1) is 0 Å². The van der Waals surface area contributed by atoms with Gasteiger partial charge in [0.2, 0.25) is 17.7 Å². The van der Waals surface area contributed by atoms with Crippen LogP contribution in [-0.4, -0.2) is 70.4 Å². The molecule has 0 saturated heterocycles. The van der Waals surface area contributed by atoms with E-state index in [1.165, 1.54) is 0 Å². The maximum absolute atomic E-state index is 12.7. The van der Waals surface area contributed by atoms with Crippen molar-refractivity contribution in [2.75, 3.05) is 12.4 Å². The number of hydrogen-bond donors (Lipinski definition) is 7. The molecule has 1 rings (SSSR count). The highest BCUT2D eigenvalue weighted by atomic mass is 32.1. The molecule has 31 heavy (non-hydrogen) atoms. The van der Waals surface area contributed by atoms with Gasteiger partial charge in [0.1, 0.15) is 18.1 Å². The Labute approximate surface area is 186 Å². The molecule has 3 amide bonds. The van der Waals surface area contributed by atoms with E-state index in [0.717, 1.165) is 0 Å². The fraction of sp³-hybridized carbons (Fsp3) is 0.500. The Balaban J connectivity index is 2.98. The SMILES string of the molecule is CC(C)C(N)C(=O)NC(CO)C(=O)NC(Cc1ccccc1)C(=O)NC(CS)C(=O)O. The molecule has 0 radical (unpaired) electrons. The molecule has 11 heteroatoms. The van der Waals surface area contributed by atoms with Crippen LogP contribution in [0.15, 0.2) is 30.3 Å². The van der Waals surface area contributed by atoms with Gasteiger partial charge >= 0.3 is 5.97 Å². The molecule has 1 aromatic carbocycles. The minimum atomic E-state index is -1.33. The number of nitrogens with one attached hydrogen (secondary N) is 3. The van der Waals surface area contributed by atoms with Crippen LogP contribution in [0.5, 0.6) is 0 Å². The number of nitrogens with two attached hydrogens (primary N) is 1. The Hall–Kier alpha value is -2.63. The van der Waals surface area contributed by atoms with E-state index >= 15 is 0 Å². The van der Waals surface area contributed by atoms with Crippen LogP contribution in [0.1, 0.15) is 19.4 Å². The molecule has 7 N–H and O–H groups in total. The number of carboxylic acid groups (broad SMARTS) is 1. The van der Waals surface area contributed by atoms with Crippen LogP contribution in [0.2, 0.25) is 0 Å². The van der Waals surface area contributed by atoms with Gasteiger partial charge in [-0.25, -0.2) is 4.79 Å². The first-order chi connectivity index (χ1) is 14.6. The van der Waals surface area contributed by atoms with Crippen LogP contribution < -0.4 is 21.7 Å². The van der Waals surface area contributed by atoms with Gasteiger partial charge in [-0.05, 0) is 11.5 Å². The largest absolute Gasteiger partial charge is 0.480 e. The van der Waals surface area contributed by atoms with Gasteiger partial charge in [-0.3, -0.25) is 14.4 Å². The van der Waals surface area contributed by atoms with Crippen LogP contribution in [0, 0.1) is 5.92 Å². The Morgan fingerprint density at radius 3 is 1.94 bits per heavy atom. The van der Waals surface area contributed by atoms with Gasteiger partial charge in [-0.2, -0.15) is 12.6 Å². The van der Waals surface area contributed by atoms with E-state index in [-0.39, 0.29) is 18.1 Å². The molecule has 0 spiro atoms. The van der Waals surface area contributed by atoms with Crippen molar-refractivity contribution in [3.05, 3.63) is 35.9 Å². The normalized spacial score (nSPS) is 14.8. The predicted octanol–water partition coefficient (Wildman–Crippen LogP) is -1.33. The summed E-state index contributed by atoms with van der Waals surface area (Å²) < 4.78 is 0. The number of rotatable bonds is 12. The van der Waals surface area contributed by atoms with Crippen molar-refractivity contribution in [2.45, 2.75) is 44.4 Å². The first kappa shape index (κ1) is 26.4. The molecule has 10 nitrogen and oxygen atoms in total. The molecule has 172 valence electrons. The second-order valence-electron chi connectivity index (χ2n) is 7.35. The van der Waals surface area contributed by atoms with Crippen molar-refractivity contribution >= 4 is 36.3 Å². The number of aliphatic hydroxyl groups excluding tert-OH is 1. The zero-order valence-electron chi connectivity index (χ0n) is 17.4. The highest BCUT2D eigenvalue weighted by molar-refractivity contribution is 7.80. The minimum absolute atomic E-state index is 0.0644. The summed E-state index contributed by atoms with van der Waals surface area (Å²) in [6, 6.07) is 4.17. The van der Waals surface area contributed by atoms with Crippen molar-refractivity contribution in [3.63, 3.8) is 0 Å². The Morgan fingerprint density at radius 2 is 1.45 bits per heavy atom. The summed E-state index contributed by atoms with van der Waals surface area (Å²) in [7, 11) is 0. The van der Waals surface area contributed by atoms with Crippen molar-refractivity contribution in [1.29, 1.82) is 0 Å². The third-order valence-electron chi connectivity index (χ3n) is 4.55. The molecule has 0 aromatic heterocycles. The van der Waals surface area contributed by atoms with Gasteiger partial charge in [0, 0.05) is 12.2 Å². The number of aliphatic hydroxyl groups is 1. The lowest BCUT2D eigenvalue weighted by molar-refractivity contribution is -0.141. The van der Waals surface area contributed by atoms with E-state index in [4.69, 9.17) is 10.8 Å². The second kappa shape index (κ2) is 12.9. The summed E-state index contributed by atoms with van der Waals surface area (Å²) in [5, 5.41) is 25.9. The van der Waals surface area contributed by atoms with Crippen LogP contribution in [-0.2, 0) is 25.6 Å². The molecular formula is C20H30N4O6S. The van der Waals surface area contributed by atoms with E-state index in [1.54, 1.807) is 44.2 Å². The van der Waals surface area contributed by atoms with Crippen molar-refractivity contribution in [2.24, 2.45) is 11.7 Å². The first-order valence-electron chi connectivity index (χ1n) is 9.75. The number of thiol groups is 1. The van der Waals surface area contributed by atoms with Crippen LogP contribution in [0.4, 0.5) is 0 Å². The molecule has 4 unspecified atom stereocenters. The number of aliphatic carboxylic acids is 1. The molecule has 0 aliphatic rings. The maximum atomic E-state index is 12.7. The Kier molecular flexibility index (Phi) is 11.0. The summed E-state index contributed by atoms with van der Waals surface area (Å²) in [6.07, 6.45) is 0.0644. The van der Waals surface area contributed by atoms with Gasteiger partial charge in [0.15, 0.2) is 0 Å². The standard InChI is InChI=1S/C20H30N4O6S/c1-11(2)16(21)19(28)23-14(9-25)18(27)22-13(8-12-6-4-3-5-7-12)17(26)24-15(10-31)20(29)30/h3-7,11,13-16,25,31H,8-10,21H2,1-2H3,(H,22,27)(H,23,28)(H,24,26)(H,29,30). The van der Waals surface area contributed by atoms with Gasteiger partial charge in [-0.1, -0.05) is 44.2 Å². The highest BCUT2D eigenvalue weighted by Gasteiger charge is 2.30. The minimum Gasteiger partial charge on any atom is -0.480 e. The summed E-state index contributed by atoms with van der Waals surface area (Å²) in [4.78, 5) is 48.7. The second-order valence-corrected chi connectivity index (χ2v) is 7.71. The molecule has 0 heterocycles.